The number of nitrogens with zero attached hydrogens (tertiary/aromatic N) is 1. The van der Waals surface area contributed by atoms with Crippen LogP contribution in [0.1, 0.15) is 91.5 Å². The molecule has 6 aliphatic carbocycles. The molecule has 2 unspecified atom stereocenters. The molecule has 1 aromatic carbocycles. The summed E-state index contributed by atoms with van der Waals surface area (Å²) in [4.78, 5) is 27.2. The summed E-state index contributed by atoms with van der Waals surface area (Å²) < 4.78 is 11.9. The maximum atomic E-state index is 13.6. The Morgan fingerprint density at radius 3 is 2.49 bits per heavy atom. The van der Waals surface area contributed by atoms with Gasteiger partial charge in [0, 0.05) is 16.3 Å². The molecule has 0 saturated heterocycles. The zero-order valence-electron chi connectivity index (χ0n) is 22.8. The Bertz CT molecular complexity index is 1340. The van der Waals surface area contributed by atoms with Crippen molar-refractivity contribution in [2.75, 3.05) is 6.61 Å². The van der Waals surface area contributed by atoms with E-state index in [1.807, 2.05) is 0 Å². The first-order valence-electron chi connectivity index (χ1n) is 14.8. The molecule has 2 amide bonds. The Morgan fingerprint density at radius 2 is 1.83 bits per heavy atom. The van der Waals surface area contributed by atoms with E-state index in [0.717, 1.165) is 57.8 Å². The number of halogens is 2. The minimum absolute atomic E-state index is 0.0442. The van der Waals surface area contributed by atoms with Crippen molar-refractivity contribution >= 4 is 46.8 Å². The van der Waals surface area contributed by atoms with Crippen LogP contribution in [0, 0.1) is 17.8 Å². The zero-order valence-corrected chi connectivity index (χ0v) is 25.1. The molecule has 6 saturated carbocycles. The molecular weight excluding hydrogens is 585 g/mol. The summed E-state index contributed by atoms with van der Waals surface area (Å²) in [5.74, 6) is 1.12. The maximum absolute atomic E-state index is 13.6. The SMILES string of the molecule is O=C(NC1(COc2noc(C(=O)NC3C4CC5CC3CC(O)(C5)C4)c2SC2CCCC2)CC1)c1ccc(Cl)cc1Cl. The van der Waals surface area contributed by atoms with Gasteiger partial charge in [-0.2, -0.15) is 0 Å². The van der Waals surface area contributed by atoms with E-state index < -0.39 is 11.1 Å². The molecule has 220 valence electrons. The van der Waals surface area contributed by atoms with Crippen molar-refractivity contribution in [1.29, 1.82) is 0 Å². The molecule has 4 bridgehead atoms. The van der Waals surface area contributed by atoms with E-state index in [2.05, 4.69) is 15.8 Å². The van der Waals surface area contributed by atoms with Gasteiger partial charge in [0.25, 0.3) is 17.7 Å². The predicted octanol–water partition coefficient (Wildman–Crippen LogP) is 6.03. The highest BCUT2D eigenvalue weighted by Gasteiger charge is 2.55. The fourth-order valence-electron chi connectivity index (χ4n) is 7.86. The normalized spacial score (nSPS) is 31.3. The Labute approximate surface area is 253 Å². The molecule has 11 heteroatoms. The molecule has 1 aromatic heterocycles. The molecule has 1 heterocycles. The minimum atomic E-state index is -0.554. The first kappa shape index (κ1) is 27.9. The van der Waals surface area contributed by atoms with Crippen molar-refractivity contribution in [1.82, 2.24) is 15.8 Å². The van der Waals surface area contributed by atoms with E-state index in [1.54, 1.807) is 30.0 Å². The fourth-order valence-corrected chi connectivity index (χ4v) is 9.69. The van der Waals surface area contributed by atoms with E-state index in [1.165, 1.54) is 12.8 Å². The topological polar surface area (TPSA) is 114 Å². The summed E-state index contributed by atoms with van der Waals surface area (Å²) in [6.45, 7) is 0.211. The third-order valence-electron chi connectivity index (χ3n) is 9.85. The van der Waals surface area contributed by atoms with Gasteiger partial charge >= 0.3 is 0 Å². The highest BCUT2D eigenvalue weighted by molar-refractivity contribution is 8.00. The number of hydrogen-bond donors (Lipinski definition) is 3. The first-order valence-corrected chi connectivity index (χ1v) is 16.4. The first-order chi connectivity index (χ1) is 19.7. The van der Waals surface area contributed by atoms with E-state index in [-0.39, 0.29) is 30.2 Å². The summed E-state index contributed by atoms with van der Waals surface area (Å²) in [5, 5.41) is 22.6. The number of ether oxygens (including phenoxy) is 1. The third-order valence-corrected chi connectivity index (χ3v) is 11.8. The van der Waals surface area contributed by atoms with Gasteiger partial charge in [-0.15, -0.1) is 11.8 Å². The van der Waals surface area contributed by atoms with Crippen LogP contribution in [0.3, 0.4) is 0 Å². The average Bonchev–Trinajstić information content (AvgIpc) is 3.28. The second-order valence-corrected chi connectivity index (χ2v) is 15.2. The van der Waals surface area contributed by atoms with Crippen LogP contribution in [0.4, 0.5) is 0 Å². The summed E-state index contributed by atoms with van der Waals surface area (Å²) in [6, 6.07) is 4.84. The van der Waals surface area contributed by atoms with Crippen LogP contribution >= 0.6 is 35.0 Å². The van der Waals surface area contributed by atoms with Crippen molar-refractivity contribution in [3.63, 3.8) is 0 Å². The number of thioether (sulfide) groups is 1. The Balaban J connectivity index is 1.05. The number of amides is 2. The van der Waals surface area contributed by atoms with E-state index in [9.17, 15) is 14.7 Å². The second kappa shape index (κ2) is 10.6. The van der Waals surface area contributed by atoms with E-state index in [0.29, 0.717) is 49.4 Å². The molecule has 0 spiro atoms. The Kier molecular flexibility index (Phi) is 7.24. The van der Waals surface area contributed by atoms with Crippen LogP contribution in [-0.4, -0.2) is 51.1 Å². The number of hydrogen-bond acceptors (Lipinski definition) is 7. The smallest absolute Gasteiger partial charge is 0.291 e. The number of rotatable bonds is 9. The molecule has 0 aliphatic heterocycles. The summed E-state index contributed by atoms with van der Waals surface area (Å²) in [6.07, 6.45) is 10.5. The molecular formula is C30H35Cl2N3O5S. The zero-order chi connectivity index (χ0) is 28.4. The van der Waals surface area contributed by atoms with Crippen LogP contribution < -0.4 is 15.4 Å². The minimum Gasteiger partial charge on any atom is -0.472 e. The van der Waals surface area contributed by atoms with Crippen molar-refractivity contribution in [3.8, 4) is 5.88 Å². The van der Waals surface area contributed by atoms with Gasteiger partial charge in [-0.1, -0.05) is 36.0 Å². The quantitative estimate of drug-likeness (QED) is 0.314. The van der Waals surface area contributed by atoms with Crippen molar-refractivity contribution in [3.05, 3.63) is 39.6 Å². The van der Waals surface area contributed by atoms with Gasteiger partial charge < -0.3 is 25.0 Å². The lowest BCUT2D eigenvalue weighted by Gasteiger charge is -2.58. The van der Waals surface area contributed by atoms with Gasteiger partial charge in [-0.3, -0.25) is 9.59 Å². The molecule has 8 nitrogen and oxygen atoms in total. The van der Waals surface area contributed by atoms with Gasteiger partial charge in [0.05, 0.1) is 21.7 Å². The summed E-state index contributed by atoms with van der Waals surface area (Å²) in [7, 11) is 0. The fraction of sp³-hybridized carbons (Fsp3) is 0.633. The third kappa shape index (κ3) is 5.59. The van der Waals surface area contributed by atoms with Crippen LogP contribution in [0.5, 0.6) is 5.88 Å². The van der Waals surface area contributed by atoms with Crippen molar-refractivity contribution in [2.24, 2.45) is 17.8 Å². The predicted molar refractivity (Wildman–Crippen MR) is 156 cm³/mol. The van der Waals surface area contributed by atoms with Crippen molar-refractivity contribution < 1.29 is 24.0 Å². The number of carbonyl (C=O) groups excluding carboxylic acids is 2. The lowest BCUT2D eigenvalue weighted by molar-refractivity contribution is -0.137. The lowest BCUT2D eigenvalue weighted by atomic mass is 9.52. The number of aliphatic hydroxyl groups is 1. The Hall–Kier alpha value is -1.94. The van der Waals surface area contributed by atoms with E-state index in [4.69, 9.17) is 32.5 Å². The number of benzene rings is 1. The highest BCUT2D eigenvalue weighted by Crippen LogP contribution is 2.56. The molecule has 0 radical (unpaired) electrons. The monoisotopic (exact) mass is 619 g/mol. The van der Waals surface area contributed by atoms with E-state index >= 15 is 0 Å². The number of carbonyl (C=O) groups is 2. The Morgan fingerprint density at radius 1 is 1.10 bits per heavy atom. The summed E-state index contributed by atoms with van der Waals surface area (Å²) in [5.41, 5.74) is -0.726. The molecule has 6 fully saturated rings. The number of nitrogens with one attached hydrogen (secondary N) is 2. The van der Waals surface area contributed by atoms with Crippen LogP contribution in [0.25, 0.3) is 0 Å². The average molecular weight is 621 g/mol. The molecule has 2 atom stereocenters. The van der Waals surface area contributed by atoms with Gasteiger partial charge in [0.2, 0.25) is 5.76 Å². The highest BCUT2D eigenvalue weighted by atomic mass is 35.5. The van der Waals surface area contributed by atoms with Gasteiger partial charge in [0.1, 0.15) is 11.5 Å². The molecule has 41 heavy (non-hydrogen) atoms. The molecule has 3 N–H and O–H groups in total. The molecule has 6 aliphatic rings. The molecule has 8 rings (SSSR count). The van der Waals surface area contributed by atoms with Crippen molar-refractivity contribution in [2.45, 2.75) is 98.0 Å². The maximum Gasteiger partial charge on any atom is 0.291 e. The van der Waals surface area contributed by atoms with Gasteiger partial charge in [-0.25, -0.2) is 0 Å². The van der Waals surface area contributed by atoms with Gasteiger partial charge in [0.15, 0.2) is 0 Å². The van der Waals surface area contributed by atoms with Crippen LogP contribution in [-0.2, 0) is 0 Å². The second-order valence-electron chi connectivity index (χ2n) is 13.0. The summed E-state index contributed by atoms with van der Waals surface area (Å²) >= 11 is 13.8. The van der Waals surface area contributed by atoms with Gasteiger partial charge in [-0.05, 0) is 98.9 Å². The standard InChI is InChI=1S/C30H35Cl2N3O5S/c31-19-5-6-21(22(32)11-19)26(36)34-29(7-8-29)15-39-28-25(41-20-3-1-2-4-20)24(40-35-28)27(37)33-23-17-9-16-10-18(23)14-30(38,12-16)13-17/h5-6,11,16-18,20,23,38H,1-4,7-10,12-15H2,(H,33,37)(H,34,36). The lowest BCUT2D eigenvalue weighted by Crippen LogP contribution is -2.61. The largest absolute Gasteiger partial charge is 0.472 e. The van der Waals surface area contributed by atoms with Crippen LogP contribution in [0.15, 0.2) is 27.6 Å². The number of aromatic nitrogens is 1. The van der Waals surface area contributed by atoms with Crippen LogP contribution in [0.2, 0.25) is 10.0 Å². The molecule has 2 aromatic rings.